The van der Waals surface area contributed by atoms with Crippen molar-refractivity contribution < 1.29 is 74.4 Å². The maximum atomic E-state index is 13.2. The van der Waals surface area contributed by atoms with Gasteiger partial charge in [-0.1, -0.05) is 12.1 Å². The number of hydrogen-bond donors (Lipinski definition) is 9. The summed E-state index contributed by atoms with van der Waals surface area (Å²) in [5, 5.41) is 90.7. The van der Waals surface area contributed by atoms with Crippen LogP contribution >= 0.6 is 0 Å². The van der Waals surface area contributed by atoms with Gasteiger partial charge in [0.05, 0.1) is 19.6 Å². The zero-order valence-corrected chi connectivity index (χ0v) is 23.8. The number of phenols is 1. The summed E-state index contributed by atoms with van der Waals surface area (Å²) in [6.45, 7) is 1.78. The molecule has 3 aliphatic heterocycles. The van der Waals surface area contributed by atoms with Crippen molar-refractivity contribution in [3.8, 4) is 23.0 Å². The minimum Gasteiger partial charge on any atom is -0.507 e. The third-order valence-corrected chi connectivity index (χ3v) is 8.19. The second-order valence-electron chi connectivity index (χ2n) is 11.1. The SMILES string of the molecule is Cc1c(O)c2c(c(C)c1O[C@@H]1O[C@H](CO)[C@@H](O)[C@H](O)[C@H]1O)O[C@H](c1ccc(O[C@@H]3O[C@H](CO)[C@@H](O)[C@H](O)[C@H]3O)cc1)CC2=O. The Balaban J connectivity index is 1.36. The molecule has 0 spiro atoms. The fourth-order valence-electron chi connectivity index (χ4n) is 5.54. The number of Topliss-reactive ketones (excluding diaryl/α,β-unsaturated/α-hetero) is 1. The molecule has 2 fully saturated rings. The van der Waals surface area contributed by atoms with Crippen LogP contribution in [0.15, 0.2) is 24.3 Å². The number of phenolic OH excluding ortho intramolecular Hbond substituents is 1. The normalized spacial score (nSPS) is 35.5. The van der Waals surface area contributed by atoms with Gasteiger partial charge in [0, 0.05) is 11.1 Å². The molecule has 0 bridgehead atoms. The number of carbonyl (C=O) groups excluding carboxylic acids is 1. The lowest BCUT2D eigenvalue weighted by atomic mass is 9.91. The molecule has 242 valence electrons. The van der Waals surface area contributed by atoms with E-state index < -0.39 is 92.3 Å². The van der Waals surface area contributed by atoms with E-state index in [0.717, 1.165) is 0 Å². The van der Waals surface area contributed by atoms with Gasteiger partial charge in [-0.2, -0.15) is 0 Å². The van der Waals surface area contributed by atoms with Crippen LogP contribution in [-0.2, 0) is 9.47 Å². The Morgan fingerprint density at radius 3 is 1.80 bits per heavy atom. The Hall–Kier alpha value is -3.09. The minimum absolute atomic E-state index is 0.00214. The highest BCUT2D eigenvalue weighted by Crippen LogP contribution is 2.48. The van der Waals surface area contributed by atoms with Crippen LogP contribution in [0.5, 0.6) is 23.0 Å². The molecule has 0 radical (unpaired) electrons. The zero-order valence-electron chi connectivity index (χ0n) is 23.8. The number of aliphatic hydroxyl groups excluding tert-OH is 8. The van der Waals surface area contributed by atoms with E-state index in [-0.39, 0.29) is 40.4 Å². The van der Waals surface area contributed by atoms with Crippen molar-refractivity contribution >= 4 is 5.78 Å². The number of hydrogen-bond acceptors (Lipinski definition) is 15. The molecule has 0 unspecified atom stereocenters. The summed E-state index contributed by atoms with van der Waals surface area (Å²) in [5.74, 6) is -0.587. The molecule has 11 atom stereocenters. The predicted molar refractivity (Wildman–Crippen MR) is 145 cm³/mol. The molecule has 15 heteroatoms. The van der Waals surface area contributed by atoms with E-state index in [9.17, 15) is 50.8 Å². The van der Waals surface area contributed by atoms with E-state index in [2.05, 4.69) is 0 Å². The molecular weight excluding hydrogens is 588 g/mol. The van der Waals surface area contributed by atoms with Crippen molar-refractivity contribution in [3.05, 3.63) is 46.5 Å². The highest BCUT2D eigenvalue weighted by Gasteiger charge is 2.46. The van der Waals surface area contributed by atoms with Crippen molar-refractivity contribution in [2.45, 2.75) is 87.8 Å². The molecule has 9 N–H and O–H groups in total. The summed E-state index contributed by atoms with van der Waals surface area (Å²) >= 11 is 0. The first kappa shape index (κ1) is 32.3. The van der Waals surface area contributed by atoms with E-state index in [1.54, 1.807) is 19.1 Å². The Kier molecular flexibility index (Phi) is 9.34. The summed E-state index contributed by atoms with van der Waals surface area (Å²) in [7, 11) is 0. The minimum atomic E-state index is -1.70. The van der Waals surface area contributed by atoms with Crippen LogP contribution in [0.25, 0.3) is 0 Å². The van der Waals surface area contributed by atoms with Crippen LogP contribution in [0, 0.1) is 13.8 Å². The number of aromatic hydroxyl groups is 1. The lowest BCUT2D eigenvalue weighted by Crippen LogP contribution is -2.60. The lowest BCUT2D eigenvalue weighted by Gasteiger charge is -2.40. The summed E-state index contributed by atoms with van der Waals surface area (Å²) in [4.78, 5) is 13.2. The second-order valence-corrected chi connectivity index (χ2v) is 11.1. The summed E-state index contributed by atoms with van der Waals surface area (Å²) in [6, 6.07) is 6.20. The molecular formula is C29H36O15. The Labute approximate surface area is 251 Å². The molecule has 3 aliphatic rings. The van der Waals surface area contributed by atoms with E-state index >= 15 is 0 Å². The van der Waals surface area contributed by atoms with Gasteiger partial charge in [0.15, 0.2) is 5.78 Å². The van der Waals surface area contributed by atoms with Gasteiger partial charge in [0.25, 0.3) is 0 Å². The molecule has 15 nitrogen and oxygen atoms in total. The topological polar surface area (TPSA) is 245 Å². The van der Waals surface area contributed by atoms with Crippen molar-refractivity contribution in [1.82, 2.24) is 0 Å². The zero-order chi connectivity index (χ0) is 32.0. The average molecular weight is 625 g/mol. The van der Waals surface area contributed by atoms with Gasteiger partial charge in [0.1, 0.15) is 83.5 Å². The fraction of sp³-hybridized carbons (Fsp3) is 0.552. The first-order valence-electron chi connectivity index (χ1n) is 14.0. The van der Waals surface area contributed by atoms with Crippen molar-refractivity contribution in [3.63, 3.8) is 0 Å². The largest absolute Gasteiger partial charge is 0.507 e. The van der Waals surface area contributed by atoms with Crippen LogP contribution in [0.3, 0.4) is 0 Å². The van der Waals surface area contributed by atoms with E-state index in [1.807, 2.05) is 0 Å². The Morgan fingerprint density at radius 1 is 0.750 bits per heavy atom. The molecule has 0 amide bonds. The lowest BCUT2D eigenvalue weighted by molar-refractivity contribution is -0.277. The smallest absolute Gasteiger partial charge is 0.229 e. The first-order valence-corrected chi connectivity index (χ1v) is 14.0. The molecule has 2 saturated heterocycles. The van der Waals surface area contributed by atoms with Gasteiger partial charge >= 0.3 is 0 Å². The maximum absolute atomic E-state index is 13.2. The number of rotatable bonds is 7. The number of carbonyl (C=O) groups is 1. The molecule has 0 aromatic heterocycles. The highest BCUT2D eigenvalue weighted by molar-refractivity contribution is 6.03. The Bertz CT molecular complexity index is 1350. The number of ketones is 1. The van der Waals surface area contributed by atoms with E-state index in [1.165, 1.54) is 19.1 Å². The molecule has 0 saturated carbocycles. The van der Waals surface area contributed by atoms with Gasteiger partial charge in [-0.15, -0.1) is 0 Å². The van der Waals surface area contributed by atoms with Gasteiger partial charge in [-0.25, -0.2) is 0 Å². The molecule has 5 rings (SSSR count). The standard InChI is InChI=1S/C29H36O15/c1-10-19(33)18-14(32)7-15(12-3-5-13(6-4-12)40-28-24(38)22(36)20(34)16(8-30)42-28)41-27(18)11(2)26(10)44-29-25(39)23(37)21(35)17(9-31)43-29/h3-6,15-17,20-25,28-31,33-39H,7-9H2,1-2H3/t15-,16+,17+,20+,21+,22-,23-,24+,25+,28+,29-/m0/s1. The van der Waals surface area contributed by atoms with Crippen LogP contribution in [-0.4, -0.2) is 126 Å². The van der Waals surface area contributed by atoms with Crippen LogP contribution in [0.1, 0.15) is 39.6 Å². The molecule has 2 aromatic carbocycles. The van der Waals surface area contributed by atoms with Crippen LogP contribution < -0.4 is 14.2 Å². The molecule has 44 heavy (non-hydrogen) atoms. The third kappa shape index (κ3) is 5.72. The second kappa shape index (κ2) is 12.7. The highest BCUT2D eigenvalue weighted by atomic mass is 16.7. The average Bonchev–Trinajstić information content (AvgIpc) is 3.02. The summed E-state index contributed by atoms with van der Waals surface area (Å²) in [6.07, 6.45) is -15.9. The monoisotopic (exact) mass is 624 g/mol. The Morgan fingerprint density at radius 2 is 1.27 bits per heavy atom. The van der Waals surface area contributed by atoms with Crippen LogP contribution in [0.4, 0.5) is 0 Å². The third-order valence-electron chi connectivity index (χ3n) is 8.19. The molecule has 2 aromatic rings. The first-order chi connectivity index (χ1) is 20.9. The number of fused-ring (bicyclic) bond motifs is 1. The summed E-state index contributed by atoms with van der Waals surface area (Å²) < 4.78 is 28.4. The van der Waals surface area contributed by atoms with Gasteiger partial charge in [0.2, 0.25) is 12.6 Å². The van der Waals surface area contributed by atoms with E-state index in [4.69, 9.17) is 23.7 Å². The molecule has 3 heterocycles. The quantitative estimate of drug-likeness (QED) is 0.163. The van der Waals surface area contributed by atoms with Crippen molar-refractivity contribution in [2.75, 3.05) is 13.2 Å². The van der Waals surface area contributed by atoms with Crippen LogP contribution in [0.2, 0.25) is 0 Å². The van der Waals surface area contributed by atoms with Gasteiger partial charge < -0.3 is 69.6 Å². The summed E-state index contributed by atoms with van der Waals surface area (Å²) in [5.41, 5.74) is 0.914. The number of aliphatic hydroxyl groups is 8. The molecule has 0 aliphatic carbocycles. The van der Waals surface area contributed by atoms with Gasteiger partial charge in [-0.3, -0.25) is 4.79 Å². The van der Waals surface area contributed by atoms with Crippen molar-refractivity contribution in [2.24, 2.45) is 0 Å². The van der Waals surface area contributed by atoms with E-state index in [0.29, 0.717) is 5.56 Å². The number of ether oxygens (including phenoxy) is 5. The maximum Gasteiger partial charge on any atom is 0.229 e. The van der Waals surface area contributed by atoms with Crippen molar-refractivity contribution in [1.29, 1.82) is 0 Å². The fourth-order valence-corrected chi connectivity index (χ4v) is 5.54. The predicted octanol–water partition coefficient (Wildman–Crippen LogP) is -1.93. The number of benzene rings is 2. The van der Waals surface area contributed by atoms with Gasteiger partial charge in [-0.05, 0) is 31.5 Å².